The Hall–Kier alpha value is -2.36. The molecule has 2 aromatic rings. The SMILES string of the molecule is CCCCc1ccc(Nc2oc(C)cc(=O)c2C(C)=O)cc1. The molecule has 0 bridgehead atoms. The van der Waals surface area contributed by atoms with Crippen molar-refractivity contribution in [3.63, 3.8) is 0 Å². The molecule has 0 amide bonds. The van der Waals surface area contributed by atoms with Crippen molar-refractivity contribution in [2.24, 2.45) is 0 Å². The zero-order chi connectivity index (χ0) is 16.1. The number of carbonyl (C=O) groups excluding carboxylic acids is 1. The second-order valence-electron chi connectivity index (χ2n) is 5.41. The molecule has 116 valence electrons. The fourth-order valence-corrected chi connectivity index (χ4v) is 2.30. The van der Waals surface area contributed by atoms with Crippen molar-refractivity contribution >= 4 is 17.4 Å². The highest BCUT2D eigenvalue weighted by atomic mass is 16.4. The minimum Gasteiger partial charge on any atom is -0.445 e. The summed E-state index contributed by atoms with van der Waals surface area (Å²) in [6, 6.07) is 9.27. The summed E-state index contributed by atoms with van der Waals surface area (Å²) in [7, 11) is 0. The lowest BCUT2D eigenvalue weighted by Gasteiger charge is -2.10. The molecule has 0 aliphatic rings. The van der Waals surface area contributed by atoms with Gasteiger partial charge in [0.1, 0.15) is 11.3 Å². The maximum atomic E-state index is 11.9. The first-order valence-electron chi connectivity index (χ1n) is 7.53. The summed E-state index contributed by atoms with van der Waals surface area (Å²) < 4.78 is 5.52. The van der Waals surface area contributed by atoms with Crippen LogP contribution in [0.15, 0.2) is 39.5 Å². The van der Waals surface area contributed by atoms with Crippen LogP contribution in [0.25, 0.3) is 0 Å². The Kier molecular flexibility index (Phi) is 5.15. The van der Waals surface area contributed by atoms with Gasteiger partial charge in [-0.05, 0) is 44.4 Å². The van der Waals surface area contributed by atoms with Crippen LogP contribution in [0.1, 0.15) is 48.4 Å². The molecule has 4 heteroatoms. The monoisotopic (exact) mass is 299 g/mol. The fraction of sp³-hybridized carbons (Fsp3) is 0.333. The van der Waals surface area contributed by atoms with Crippen molar-refractivity contribution in [3.8, 4) is 0 Å². The number of hydrogen-bond acceptors (Lipinski definition) is 4. The molecule has 0 aliphatic carbocycles. The first-order valence-corrected chi connectivity index (χ1v) is 7.53. The van der Waals surface area contributed by atoms with E-state index >= 15 is 0 Å². The van der Waals surface area contributed by atoms with Crippen LogP contribution in [-0.2, 0) is 6.42 Å². The third-order valence-electron chi connectivity index (χ3n) is 3.45. The van der Waals surface area contributed by atoms with E-state index in [4.69, 9.17) is 4.42 Å². The van der Waals surface area contributed by atoms with Gasteiger partial charge in [-0.1, -0.05) is 25.5 Å². The van der Waals surface area contributed by atoms with Gasteiger partial charge in [-0.2, -0.15) is 0 Å². The van der Waals surface area contributed by atoms with Gasteiger partial charge in [-0.15, -0.1) is 0 Å². The molecule has 1 N–H and O–H groups in total. The van der Waals surface area contributed by atoms with E-state index in [1.54, 1.807) is 6.92 Å². The maximum Gasteiger partial charge on any atom is 0.212 e. The number of nitrogens with one attached hydrogen (secondary N) is 1. The number of ketones is 1. The van der Waals surface area contributed by atoms with Crippen LogP contribution in [0.5, 0.6) is 0 Å². The van der Waals surface area contributed by atoms with Crippen molar-refractivity contribution in [3.05, 3.63) is 57.4 Å². The van der Waals surface area contributed by atoms with E-state index < -0.39 is 0 Å². The predicted octanol–water partition coefficient (Wildman–Crippen LogP) is 4.24. The van der Waals surface area contributed by atoms with E-state index in [1.807, 2.05) is 24.3 Å². The second kappa shape index (κ2) is 7.07. The van der Waals surface area contributed by atoms with E-state index in [9.17, 15) is 9.59 Å². The highest BCUT2D eigenvalue weighted by molar-refractivity contribution is 5.98. The van der Waals surface area contributed by atoms with E-state index in [0.717, 1.165) is 24.9 Å². The molecule has 0 aliphatic heterocycles. The van der Waals surface area contributed by atoms with Crippen LogP contribution >= 0.6 is 0 Å². The predicted molar refractivity (Wildman–Crippen MR) is 88.1 cm³/mol. The van der Waals surface area contributed by atoms with Crippen LogP contribution < -0.4 is 10.7 Å². The molecule has 0 fully saturated rings. The minimum atomic E-state index is -0.321. The van der Waals surface area contributed by atoms with E-state index in [-0.39, 0.29) is 22.7 Å². The van der Waals surface area contributed by atoms with Crippen LogP contribution in [0, 0.1) is 6.92 Å². The van der Waals surface area contributed by atoms with Crippen LogP contribution in [0.4, 0.5) is 11.6 Å². The lowest BCUT2D eigenvalue weighted by atomic mass is 10.1. The highest BCUT2D eigenvalue weighted by Gasteiger charge is 2.15. The van der Waals surface area contributed by atoms with Crippen molar-refractivity contribution in [2.75, 3.05) is 5.32 Å². The van der Waals surface area contributed by atoms with Crippen LogP contribution in [0.2, 0.25) is 0 Å². The molecule has 1 heterocycles. The first kappa shape index (κ1) is 16.0. The van der Waals surface area contributed by atoms with E-state index in [2.05, 4.69) is 12.2 Å². The Morgan fingerprint density at radius 3 is 2.50 bits per heavy atom. The number of Topliss-reactive ketones (excluding diaryl/α,β-unsaturated/α-hetero) is 1. The summed E-state index contributed by atoms with van der Waals surface area (Å²) in [5, 5.41) is 3.03. The molecule has 1 aromatic carbocycles. The van der Waals surface area contributed by atoms with Gasteiger partial charge in [0, 0.05) is 11.8 Å². The van der Waals surface area contributed by atoms with Crippen molar-refractivity contribution in [1.29, 1.82) is 0 Å². The molecule has 0 atom stereocenters. The average molecular weight is 299 g/mol. The normalized spacial score (nSPS) is 10.5. The van der Waals surface area contributed by atoms with Gasteiger partial charge in [-0.25, -0.2) is 0 Å². The third kappa shape index (κ3) is 3.85. The van der Waals surface area contributed by atoms with Crippen LogP contribution in [0.3, 0.4) is 0 Å². The molecule has 0 spiro atoms. The zero-order valence-electron chi connectivity index (χ0n) is 13.2. The summed E-state index contributed by atoms with van der Waals surface area (Å²) in [6.45, 7) is 5.21. The number of carbonyl (C=O) groups is 1. The van der Waals surface area contributed by atoms with Gasteiger partial charge in [0.15, 0.2) is 11.2 Å². The smallest absolute Gasteiger partial charge is 0.212 e. The number of benzene rings is 1. The standard InChI is InChI=1S/C18H21NO3/c1-4-5-6-14-7-9-15(10-8-14)19-18-17(13(3)20)16(21)11-12(2)22-18/h7-11,19H,4-6H2,1-3H3. The maximum absolute atomic E-state index is 11.9. The van der Waals surface area contributed by atoms with Crippen LogP contribution in [-0.4, -0.2) is 5.78 Å². The van der Waals surface area contributed by atoms with E-state index in [1.165, 1.54) is 18.6 Å². The molecule has 22 heavy (non-hydrogen) atoms. The minimum absolute atomic E-state index is 0.0562. The van der Waals surface area contributed by atoms with Gasteiger partial charge >= 0.3 is 0 Å². The van der Waals surface area contributed by atoms with Gasteiger partial charge < -0.3 is 9.73 Å². The molecule has 2 rings (SSSR count). The van der Waals surface area contributed by atoms with Gasteiger partial charge in [0.25, 0.3) is 0 Å². The molecular formula is C18H21NO3. The summed E-state index contributed by atoms with van der Waals surface area (Å²) in [4.78, 5) is 23.6. The first-order chi connectivity index (χ1) is 10.5. The summed E-state index contributed by atoms with van der Waals surface area (Å²) >= 11 is 0. The molecule has 0 saturated heterocycles. The van der Waals surface area contributed by atoms with Gasteiger partial charge in [-0.3, -0.25) is 9.59 Å². The van der Waals surface area contributed by atoms with Gasteiger partial charge in [0.05, 0.1) is 0 Å². The Morgan fingerprint density at radius 1 is 1.23 bits per heavy atom. The molecule has 1 aromatic heterocycles. The van der Waals surface area contributed by atoms with Crippen molar-refractivity contribution in [1.82, 2.24) is 0 Å². The molecule has 0 saturated carbocycles. The molecule has 0 radical (unpaired) electrons. The number of rotatable bonds is 6. The van der Waals surface area contributed by atoms with Gasteiger partial charge in [0.2, 0.25) is 5.88 Å². The lowest BCUT2D eigenvalue weighted by molar-refractivity contribution is 0.101. The van der Waals surface area contributed by atoms with Crippen molar-refractivity contribution in [2.45, 2.75) is 40.0 Å². The molecular weight excluding hydrogens is 278 g/mol. The number of anilines is 2. The molecule has 0 unspecified atom stereocenters. The Labute approximate surface area is 130 Å². The lowest BCUT2D eigenvalue weighted by Crippen LogP contribution is -2.15. The second-order valence-corrected chi connectivity index (χ2v) is 5.41. The average Bonchev–Trinajstić information content (AvgIpc) is 2.45. The molecule has 4 nitrogen and oxygen atoms in total. The Bertz CT molecular complexity index is 714. The third-order valence-corrected chi connectivity index (χ3v) is 3.45. The topological polar surface area (TPSA) is 59.3 Å². The van der Waals surface area contributed by atoms with Crippen molar-refractivity contribution < 1.29 is 9.21 Å². The zero-order valence-corrected chi connectivity index (χ0v) is 13.2. The fourth-order valence-electron chi connectivity index (χ4n) is 2.30. The number of hydrogen-bond donors (Lipinski definition) is 1. The Morgan fingerprint density at radius 2 is 1.91 bits per heavy atom. The van der Waals surface area contributed by atoms with E-state index in [0.29, 0.717) is 5.76 Å². The summed E-state index contributed by atoms with van der Waals surface area (Å²) in [6.07, 6.45) is 3.37. The summed E-state index contributed by atoms with van der Waals surface area (Å²) in [5.41, 5.74) is 1.79. The summed E-state index contributed by atoms with van der Waals surface area (Å²) in [5.74, 6) is 0.367. The quantitative estimate of drug-likeness (QED) is 0.811. The number of aryl methyl sites for hydroxylation is 2. The largest absolute Gasteiger partial charge is 0.445 e. The Balaban J connectivity index is 2.27. The highest BCUT2D eigenvalue weighted by Crippen LogP contribution is 2.21. The number of unbranched alkanes of at least 4 members (excludes halogenated alkanes) is 1.